The average molecular weight is 274 g/mol. The minimum atomic E-state index is -2.84. The lowest BCUT2D eigenvalue weighted by Crippen LogP contribution is -2.50. The van der Waals surface area contributed by atoms with E-state index >= 15 is 0 Å². The molecule has 96 valence electrons. The molecule has 4 nitrogen and oxygen atoms in total. The summed E-state index contributed by atoms with van der Waals surface area (Å²) in [4.78, 5) is 4.37. The summed E-state index contributed by atoms with van der Waals surface area (Å²) >= 11 is 1.60. The monoisotopic (exact) mass is 274 g/mol. The maximum Gasteiger partial charge on any atom is 0.150 e. The Morgan fingerprint density at radius 2 is 2.06 bits per heavy atom. The van der Waals surface area contributed by atoms with Gasteiger partial charge in [-0.05, 0) is 26.7 Å². The second-order valence-electron chi connectivity index (χ2n) is 4.87. The standard InChI is InChI=1S/C11H18N2O2S2/c1-9(2)13-11(10-12-5-6-16-10)3-7-17(14,15)8-4-11/h5-6,9,13H,3-4,7-8H2,1-2H3. The molecule has 0 bridgehead atoms. The fourth-order valence-corrected chi connectivity index (χ4v) is 4.70. The van der Waals surface area contributed by atoms with E-state index in [9.17, 15) is 8.42 Å². The zero-order chi connectivity index (χ0) is 12.5. The van der Waals surface area contributed by atoms with Crippen LogP contribution in [0.2, 0.25) is 0 Å². The molecule has 2 rings (SSSR count). The minimum absolute atomic E-state index is 0.242. The highest BCUT2D eigenvalue weighted by atomic mass is 32.2. The maximum atomic E-state index is 11.5. The van der Waals surface area contributed by atoms with Crippen LogP contribution in [0.1, 0.15) is 31.7 Å². The van der Waals surface area contributed by atoms with Crippen molar-refractivity contribution in [1.29, 1.82) is 0 Å². The smallest absolute Gasteiger partial charge is 0.150 e. The number of thiazole rings is 1. The van der Waals surface area contributed by atoms with Gasteiger partial charge in [0.15, 0.2) is 0 Å². The van der Waals surface area contributed by atoms with Crippen LogP contribution in [0, 0.1) is 0 Å². The van der Waals surface area contributed by atoms with Crippen molar-refractivity contribution in [3.05, 3.63) is 16.6 Å². The lowest BCUT2D eigenvalue weighted by molar-refractivity contribution is 0.275. The molecule has 0 aromatic carbocycles. The van der Waals surface area contributed by atoms with Crippen molar-refractivity contribution in [2.45, 2.75) is 38.3 Å². The Bertz CT molecular complexity index is 452. The highest BCUT2D eigenvalue weighted by molar-refractivity contribution is 7.91. The number of nitrogens with one attached hydrogen (secondary N) is 1. The molecule has 1 saturated heterocycles. The van der Waals surface area contributed by atoms with E-state index in [1.165, 1.54) is 0 Å². The van der Waals surface area contributed by atoms with Crippen LogP contribution in [0.4, 0.5) is 0 Å². The van der Waals surface area contributed by atoms with Crippen LogP contribution in [0.5, 0.6) is 0 Å². The van der Waals surface area contributed by atoms with Gasteiger partial charge in [0.25, 0.3) is 0 Å². The number of nitrogens with zero attached hydrogens (tertiary/aromatic N) is 1. The van der Waals surface area contributed by atoms with E-state index in [2.05, 4.69) is 24.1 Å². The molecular formula is C11H18N2O2S2. The third-order valence-corrected chi connectivity index (χ3v) is 5.72. The fraction of sp³-hybridized carbons (Fsp3) is 0.727. The van der Waals surface area contributed by atoms with Crippen LogP contribution in [0.15, 0.2) is 11.6 Å². The molecule has 1 fully saturated rings. The van der Waals surface area contributed by atoms with Crippen molar-refractivity contribution < 1.29 is 8.42 Å². The first-order chi connectivity index (χ1) is 7.94. The van der Waals surface area contributed by atoms with Gasteiger partial charge < -0.3 is 5.32 Å². The Kier molecular flexibility index (Phi) is 3.56. The Labute approximate surface area is 106 Å². The van der Waals surface area contributed by atoms with Gasteiger partial charge in [-0.3, -0.25) is 0 Å². The molecule has 0 aliphatic carbocycles. The zero-order valence-electron chi connectivity index (χ0n) is 10.1. The van der Waals surface area contributed by atoms with E-state index < -0.39 is 9.84 Å². The molecule has 0 saturated carbocycles. The second kappa shape index (κ2) is 4.66. The van der Waals surface area contributed by atoms with Gasteiger partial charge in [0.05, 0.1) is 17.0 Å². The topological polar surface area (TPSA) is 59.1 Å². The summed E-state index contributed by atoms with van der Waals surface area (Å²) in [6.45, 7) is 4.16. The molecule has 17 heavy (non-hydrogen) atoms. The van der Waals surface area contributed by atoms with Gasteiger partial charge in [-0.1, -0.05) is 0 Å². The normalized spacial score (nSPS) is 22.8. The summed E-state index contributed by atoms with van der Waals surface area (Å²) in [6, 6.07) is 0.319. The van der Waals surface area contributed by atoms with E-state index in [-0.39, 0.29) is 17.0 Å². The number of sulfone groups is 1. The number of hydrogen-bond acceptors (Lipinski definition) is 5. The lowest BCUT2D eigenvalue weighted by Gasteiger charge is -2.38. The molecule has 1 aromatic rings. The van der Waals surface area contributed by atoms with Crippen molar-refractivity contribution >= 4 is 21.2 Å². The van der Waals surface area contributed by atoms with Crippen LogP contribution >= 0.6 is 11.3 Å². The summed E-state index contributed by atoms with van der Waals surface area (Å²) in [7, 11) is -2.84. The molecule has 0 spiro atoms. The van der Waals surface area contributed by atoms with Gasteiger partial charge in [-0.2, -0.15) is 0 Å². The second-order valence-corrected chi connectivity index (χ2v) is 8.07. The van der Waals surface area contributed by atoms with Crippen molar-refractivity contribution in [3.63, 3.8) is 0 Å². The van der Waals surface area contributed by atoms with Gasteiger partial charge in [0.1, 0.15) is 14.8 Å². The molecular weight excluding hydrogens is 256 g/mol. The van der Waals surface area contributed by atoms with Gasteiger partial charge >= 0.3 is 0 Å². The highest BCUT2D eigenvalue weighted by Gasteiger charge is 2.40. The molecule has 6 heteroatoms. The van der Waals surface area contributed by atoms with Crippen LogP contribution < -0.4 is 5.32 Å². The van der Waals surface area contributed by atoms with Crippen LogP contribution in [-0.2, 0) is 15.4 Å². The van der Waals surface area contributed by atoms with Gasteiger partial charge in [0, 0.05) is 17.6 Å². The third-order valence-electron chi connectivity index (χ3n) is 3.09. The summed E-state index contributed by atoms with van der Waals surface area (Å²) < 4.78 is 23.1. The first-order valence-corrected chi connectivity index (χ1v) is 8.52. The fourth-order valence-electron chi connectivity index (χ4n) is 2.32. The zero-order valence-corrected chi connectivity index (χ0v) is 11.8. The average Bonchev–Trinajstić information content (AvgIpc) is 2.75. The Morgan fingerprint density at radius 3 is 2.53 bits per heavy atom. The highest BCUT2D eigenvalue weighted by Crippen LogP contribution is 2.35. The summed E-state index contributed by atoms with van der Waals surface area (Å²) in [5.41, 5.74) is -0.242. The number of aromatic nitrogens is 1. The first-order valence-electron chi connectivity index (χ1n) is 5.82. The summed E-state index contributed by atoms with van der Waals surface area (Å²) in [5.74, 6) is 0.512. The summed E-state index contributed by atoms with van der Waals surface area (Å²) in [5, 5.41) is 6.48. The Hall–Kier alpha value is -0.460. The summed E-state index contributed by atoms with van der Waals surface area (Å²) in [6.07, 6.45) is 3.04. The van der Waals surface area contributed by atoms with Gasteiger partial charge in [-0.15, -0.1) is 11.3 Å². The predicted molar refractivity (Wildman–Crippen MR) is 70.0 cm³/mol. The SMILES string of the molecule is CC(C)NC1(c2nccs2)CCS(=O)(=O)CC1. The number of hydrogen-bond donors (Lipinski definition) is 1. The third kappa shape index (κ3) is 2.86. The molecule has 0 atom stereocenters. The molecule has 0 radical (unpaired) electrons. The largest absolute Gasteiger partial charge is 0.303 e. The quantitative estimate of drug-likeness (QED) is 0.908. The van der Waals surface area contributed by atoms with Gasteiger partial charge in [-0.25, -0.2) is 13.4 Å². The molecule has 1 aliphatic rings. The van der Waals surface area contributed by atoms with Crippen molar-refractivity contribution in [1.82, 2.24) is 10.3 Å². The van der Waals surface area contributed by atoms with Crippen LogP contribution in [-0.4, -0.2) is 30.9 Å². The van der Waals surface area contributed by atoms with E-state index in [1.54, 1.807) is 17.5 Å². The Morgan fingerprint density at radius 1 is 1.41 bits per heavy atom. The maximum absolute atomic E-state index is 11.5. The minimum Gasteiger partial charge on any atom is -0.303 e. The molecule has 1 aromatic heterocycles. The van der Waals surface area contributed by atoms with E-state index in [0.29, 0.717) is 18.9 Å². The molecule has 2 heterocycles. The van der Waals surface area contributed by atoms with Crippen LogP contribution in [0.3, 0.4) is 0 Å². The molecule has 1 N–H and O–H groups in total. The molecule has 1 aliphatic heterocycles. The van der Waals surface area contributed by atoms with Crippen molar-refractivity contribution in [3.8, 4) is 0 Å². The number of rotatable bonds is 3. The molecule has 0 amide bonds. The van der Waals surface area contributed by atoms with E-state index in [1.807, 2.05) is 5.38 Å². The van der Waals surface area contributed by atoms with E-state index in [0.717, 1.165) is 5.01 Å². The van der Waals surface area contributed by atoms with E-state index in [4.69, 9.17) is 0 Å². The van der Waals surface area contributed by atoms with Gasteiger partial charge in [0.2, 0.25) is 0 Å². The molecule has 0 unspecified atom stereocenters. The van der Waals surface area contributed by atoms with Crippen molar-refractivity contribution in [2.24, 2.45) is 0 Å². The van der Waals surface area contributed by atoms with Crippen LogP contribution in [0.25, 0.3) is 0 Å². The Balaban J connectivity index is 2.27. The predicted octanol–water partition coefficient (Wildman–Crippen LogP) is 1.55. The van der Waals surface area contributed by atoms with Crippen molar-refractivity contribution in [2.75, 3.05) is 11.5 Å². The first kappa shape index (κ1) is 13.0. The lowest BCUT2D eigenvalue weighted by atomic mass is 9.92.